The summed E-state index contributed by atoms with van der Waals surface area (Å²) in [4.78, 5) is 34.7. The third-order valence-corrected chi connectivity index (χ3v) is 7.96. The van der Waals surface area contributed by atoms with Crippen molar-refractivity contribution in [1.29, 1.82) is 0 Å². The molecule has 0 radical (unpaired) electrons. The first kappa shape index (κ1) is 36.4. The van der Waals surface area contributed by atoms with E-state index >= 15 is 0 Å². The van der Waals surface area contributed by atoms with Gasteiger partial charge < -0.3 is 24.6 Å². The lowest BCUT2D eigenvalue weighted by atomic mass is 10.00. The van der Waals surface area contributed by atoms with E-state index in [2.05, 4.69) is 6.92 Å². The van der Waals surface area contributed by atoms with Crippen LogP contribution in [0.25, 0.3) is 0 Å². The van der Waals surface area contributed by atoms with E-state index in [1.54, 1.807) is 20.8 Å². The second-order valence-electron chi connectivity index (χ2n) is 12.0. The Morgan fingerprint density at radius 2 is 0.842 bits per heavy atom. The minimum absolute atomic E-state index is 0.189. The van der Waals surface area contributed by atoms with Crippen molar-refractivity contribution in [3.05, 3.63) is 0 Å². The second-order valence-corrected chi connectivity index (χ2v) is 12.0. The number of carboxylic acid groups (broad SMARTS) is 3. The largest absolute Gasteiger partial charge is 0.550 e. The molecule has 0 aromatic rings. The summed E-state index contributed by atoms with van der Waals surface area (Å²) >= 11 is 0. The Morgan fingerprint density at radius 1 is 0.553 bits per heavy atom. The maximum absolute atomic E-state index is 11.6. The molecule has 224 valence electrons. The Bertz CT molecular complexity index is 583. The molecule has 0 aromatic heterocycles. The smallest absolute Gasteiger partial charge is 0.311 e. The lowest BCUT2D eigenvalue weighted by Crippen LogP contribution is -2.58. The van der Waals surface area contributed by atoms with Crippen molar-refractivity contribution in [3.8, 4) is 0 Å². The highest BCUT2D eigenvalue weighted by Crippen LogP contribution is 2.22. The topological polar surface area (TPSA) is 115 Å². The van der Waals surface area contributed by atoms with Gasteiger partial charge in [0.25, 0.3) is 0 Å². The van der Waals surface area contributed by atoms with Gasteiger partial charge in [0.1, 0.15) is 11.8 Å². The minimum Gasteiger partial charge on any atom is -0.550 e. The summed E-state index contributed by atoms with van der Waals surface area (Å²) in [6.07, 6.45) is 21.6. The molecule has 0 saturated heterocycles. The number of rotatable bonds is 27. The first-order chi connectivity index (χ1) is 18.0. The van der Waals surface area contributed by atoms with Crippen molar-refractivity contribution in [3.63, 3.8) is 0 Å². The molecule has 0 aliphatic carbocycles. The summed E-state index contributed by atoms with van der Waals surface area (Å²) in [5.74, 6) is -5.21. The van der Waals surface area contributed by atoms with E-state index in [9.17, 15) is 29.7 Å². The van der Waals surface area contributed by atoms with Crippen molar-refractivity contribution in [1.82, 2.24) is 0 Å². The van der Waals surface area contributed by atoms with Crippen LogP contribution in [0.15, 0.2) is 0 Å². The number of nitrogens with zero attached hydrogens (tertiary/aromatic N) is 1. The van der Waals surface area contributed by atoms with E-state index in [-0.39, 0.29) is 24.1 Å². The molecule has 0 saturated carbocycles. The molecule has 0 aliphatic heterocycles. The Labute approximate surface area is 233 Å². The average Bonchev–Trinajstić information content (AvgIpc) is 2.85. The van der Waals surface area contributed by atoms with Crippen molar-refractivity contribution < 1.29 is 34.2 Å². The number of aliphatic carboxylic acids is 3. The predicted octanol–water partition coefficient (Wildman–Crippen LogP) is 6.28. The highest BCUT2D eigenvalue weighted by atomic mass is 16.4. The van der Waals surface area contributed by atoms with E-state index in [0.717, 1.165) is 19.3 Å². The highest BCUT2D eigenvalue weighted by Gasteiger charge is 2.36. The van der Waals surface area contributed by atoms with E-state index in [0.29, 0.717) is 6.54 Å². The van der Waals surface area contributed by atoms with Gasteiger partial charge in [0, 0.05) is 11.9 Å². The molecule has 0 heterocycles. The molecule has 0 spiro atoms. The van der Waals surface area contributed by atoms with Crippen LogP contribution in [0.3, 0.4) is 0 Å². The summed E-state index contributed by atoms with van der Waals surface area (Å²) in [5.41, 5.74) is 0. The number of carbonyl (C=O) groups excluding carboxylic acids is 1. The SMILES string of the molecule is CCCCCCCCCCCCCCCCCCC[N+](CC(C)C(=O)[O-])(CC(C)C(=O)O)CC(C)C(=O)O. The fraction of sp³-hybridized carbons (Fsp3) is 0.903. The van der Waals surface area contributed by atoms with Gasteiger partial charge in [-0.05, 0) is 26.7 Å². The Balaban J connectivity index is 4.38. The zero-order valence-electron chi connectivity index (χ0n) is 25.1. The van der Waals surface area contributed by atoms with Crippen molar-refractivity contribution in [2.24, 2.45) is 17.8 Å². The zero-order valence-corrected chi connectivity index (χ0v) is 25.1. The van der Waals surface area contributed by atoms with Crippen LogP contribution in [-0.4, -0.2) is 58.8 Å². The first-order valence-corrected chi connectivity index (χ1v) is 15.6. The average molecular weight is 542 g/mol. The third-order valence-electron chi connectivity index (χ3n) is 7.96. The number of hydrogen-bond donors (Lipinski definition) is 2. The Kier molecular flexibility index (Phi) is 21.3. The van der Waals surface area contributed by atoms with Gasteiger partial charge in [0.2, 0.25) is 0 Å². The fourth-order valence-electron chi connectivity index (χ4n) is 5.64. The van der Waals surface area contributed by atoms with Gasteiger partial charge in [-0.1, -0.05) is 110 Å². The number of hydrogen-bond acceptors (Lipinski definition) is 4. The molecule has 3 unspecified atom stereocenters. The third kappa shape index (κ3) is 18.6. The van der Waals surface area contributed by atoms with E-state index < -0.39 is 35.7 Å². The van der Waals surface area contributed by atoms with Crippen LogP contribution < -0.4 is 5.11 Å². The summed E-state index contributed by atoms with van der Waals surface area (Å²) in [6, 6.07) is 0. The van der Waals surface area contributed by atoms with E-state index in [4.69, 9.17) is 0 Å². The van der Waals surface area contributed by atoms with Crippen LogP contribution in [0.2, 0.25) is 0 Å². The molecule has 0 bridgehead atoms. The zero-order chi connectivity index (χ0) is 28.8. The number of unbranched alkanes of at least 4 members (excludes halogenated alkanes) is 16. The van der Waals surface area contributed by atoms with Crippen LogP contribution in [0.4, 0.5) is 0 Å². The van der Waals surface area contributed by atoms with Crippen LogP contribution >= 0.6 is 0 Å². The fourth-order valence-corrected chi connectivity index (χ4v) is 5.64. The molecule has 0 aromatic carbocycles. The van der Waals surface area contributed by atoms with Crippen LogP contribution in [0, 0.1) is 17.8 Å². The lowest BCUT2D eigenvalue weighted by molar-refractivity contribution is -0.934. The van der Waals surface area contributed by atoms with Gasteiger partial charge in [-0.25, -0.2) is 0 Å². The second kappa shape index (κ2) is 22.2. The quantitative estimate of drug-likeness (QED) is 0.0934. The number of carboxylic acids is 3. The van der Waals surface area contributed by atoms with Crippen molar-refractivity contribution in [2.45, 2.75) is 137 Å². The highest BCUT2D eigenvalue weighted by molar-refractivity contribution is 5.70. The number of quaternary nitrogens is 1. The minimum atomic E-state index is -1.18. The van der Waals surface area contributed by atoms with Gasteiger partial charge in [-0.15, -0.1) is 0 Å². The van der Waals surface area contributed by atoms with Crippen LogP contribution in [0.1, 0.15) is 137 Å². The Hall–Kier alpha value is -1.63. The summed E-state index contributed by atoms with van der Waals surface area (Å²) < 4.78 is 0.189. The van der Waals surface area contributed by atoms with Gasteiger partial charge in [-0.3, -0.25) is 9.59 Å². The maximum atomic E-state index is 11.6. The normalized spacial score (nSPS) is 15.5. The van der Waals surface area contributed by atoms with Crippen molar-refractivity contribution in [2.75, 3.05) is 26.2 Å². The molecular formula is C31H59NO6. The van der Waals surface area contributed by atoms with Crippen LogP contribution in [-0.2, 0) is 14.4 Å². The molecule has 7 nitrogen and oxygen atoms in total. The van der Waals surface area contributed by atoms with Gasteiger partial charge in [0.15, 0.2) is 0 Å². The maximum Gasteiger partial charge on any atom is 0.311 e. The summed E-state index contributed by atoms with van der Waals surface area (Å²) in [6.45, 7) is 8.27. The lowest BCUT2D eigenvalue weighted by Gasteiger charge is -2.43. The molecule has 0 rings (SSSR count). The predicted molar refractivity (Wildman–Crippen MR) is 152 cm³/mol. The molecule has 3 atom stereocenters. The molecular weight excluding hydrogens is 482 g/mol. The number of carbonyl (C=O) groups is 3. The van der Waals surface area contributed by atoms with Gasteiger partial charge in [0.05, 0.1) is 26.2 Å². The molecule has 0 aliphatic rings. The van der Waals surface area contributed by atoms with Crippen LogP contribution in [0.5, 0.6) is 0 Å². The van der Waals surface area contributed by atoms with Gasteiger partial charge in [-0.2, -0.15) is 0 Å². The van der Waals surface area contributed by atoms with Gasteiger partial charge >= 0.3 is 11.9 Å². The monoisotopic (exact) mass is 541 g/mol. The summed E-state index contributed by atoms with van der Waals surface area (Å²) in [7, 11) is 0. The van der Waals surface area contributed by atoms with E-state index in [1.165, 1.54) is 89.9 Å². The standard InChI is InChI=1S/C31H59NO6/c1-5-6-7-8-9-10-11-12-13-14-15-16-17-18-19-20-21-22-32(23-26(2)29(33)34,24-27(3)30(35)36)25-28(4)31(37)38/h26-28H,5-25H2,1-4H3,(H2-,33,34,35,36,37,38). The Morgan fingerprint density at radius 3 is 1.13 bits per heavy atom. The summed E-state index contributed by atoms with van der Waals surface area (Å²) in [5, 5.41) is 30.5. The molecule has 38 heavy (non-hydrogen) atoms. The molecule has 0 fully saturated rings. The molecule has 0 amide bonds. The molecule has 7 heteroatoms. The van der Waals surface area contributed by atoms with Crippen molar-refractivity contribution >= 4 is 17.9 Å². The van der Waals surface area contributed by atoms with E-state index in [1.807, 2.05) is 0 Å². The first-order valence-electron chi connectivity index (χ1n) is 15.6. The molecule has 2 N–H and O–H groups in total.